The zero-order chi connectivity index (χ0) is 41.2. The van der Waals surface area contributed by atoms with Gasteiger partial charge >= 0.3 is 11.9 Å². The van der Waals surface area contributed by atoms with Gasteiger partial charge in [0.1, 0.15) is 6.10 Å². The molecule has 56 heavy (non-hydrogen) atoms. The van der Waals surface area contributed by atoms with E-state index >= 15 is 0 Å². The summed E-state index contributed by atoms with van der Waals surface area (Å²) in [4.78, 5) is 43.8. The standard InChI is InChI=1S/C48H74N2O6/c1-31(2)40-34(51)27-48(37(52)30-50(26-25-49(10)11)29-32-15-13-12-14-16-32)24-23-46(8)33(41(40)48)17-18-36-45(7)21-20-38(56-39(53)28-43(3,4)42(54)55)44(5,6)35(45)19-22-47(36,46)9/h12-16,31,33,35-38,52H,17-30H2,1-11H3,(H,54,55)/t33-,35+,36-,37+,38+,45+,46-,47-,48-/m1/s1. The van der Waals surface area contributed by atoms with Crippen LogP contribution in [0, 0.1) is 56.2 Å². The van der Waals surface area contributed by atoms with Crippen molar-refractivity contribution >= 4 is 17.7 Å². The van der Waals surface area contributed by atoms with E-state index in [2.05, 4.69) is 96.6 Å². The van der Waals surface area contributed by atoms with Gasteiger partial charge in [0.05, 0.1) is 17.9 Å². The van der Waals surface area contributed by atoms with Gasteiger partial charge in [0.25, 0.3) is 0 Å². The molecule has 9 atom stereocenters. The molecule has 0 aromatic heterocycles. The van der Waals surface area contributed by atoms with Gasteiger partial charge in [0.2, 0.25) is 0 Å². The second-order valence-electron chi connectivity index (χ2n) is 21.6. The normalized spacial score (nSPS) is 35.9. The molecule has 0 radical (unpaired) electrons. The lowest BCUT2D eigenvalue weighted by atomic mass is 9.33. The lowest BCUT2D eigenvalue weighted by Crippen LogP contribution is -2.66. The Balaban J connectivity index is 1.29. The molecule has 0 aliphatic heterocycles. The third-order valence-corrected chi connectivity index (χ3v) is 17.0. The molecular formula is C48H74N2O6. The highest BCUT2D eigenvalue weighted by Crippen LogP contribution is 2.77. The number of Topliss-reactive ketones (excluding diaryl/α,β-unsaturated/α-hetero) is 1. The highest BCUT2D eigenvalue weighted by molar-refractivity contribution is 6.00. The molecular weight excluding hydrogens is 701 g/mol. The first kappa shape index (κ1) is 43.0. The third-order valence-electron chi connectivity index (χ3n) is 17.0. The summed E-state index contributed by atoms with van der Waals surface area (Å²) in [5.74, 6) is 0.0748. The van der Waals surface area contributed by atoms with E-state index in [9.17, 15) is 24.6 Å². The summed E-state index contributed by atoms with van der Waals surface area (Å²) in [7, 11) is 4.20. The minimum Gasteiger partial charge on any atom is -0.481 e. The van der Waals surface area contributed by atoms with Crippen molar-refractivity contribution in [3.8, 4) is 0 Å². The number of hydrogen-bond acceptors (Lipinski definition) is 7. The third kappa shape index (κ3) is 7.14. The minimum atomic E-state index is -1.17. The Morgan fingerprint density at radius 2 is 1.57 bits per heavy atom. The van der Waals surface area contributed by atoms with Gasteiger partial charge in [-0.15, -0.1) is 0 Å². The van der Waals surface area contributed by atoms with Gasteiger partial charge in [-0.2, -0.15) is 0 Å². The number of rotatable bonds is 13. The van der Waals surface area contributed by atoms with Gasteiger partial charge in [0.15, 0.2) is 5.78 Å². The summed E-state index contributed by atoms with van der Waals surface area (Å²) in [5.41, 5.74) is 1.72. The number of likely N-dealkylation sites (N-methyl/N-ethyl adjacent to an activating group) is 1. The molecule has 6 rings (SSSR count). The van der Waals surface area contributed by atoms with Crippen molar-refractivity contribution in [3.63, 3.8) is 0 Å². The van der Waals surface area contributed by atoms with Gasteiger partial charge in [-0.05, 0) is 130 Å². The number of aliphatic hydroxyl groups excluding tert-OH is 1. The van der Waals surface area contributed by atoms with Crippen LogP contribution >= 0.6 is 0 Å². The minimum absolute atomic E-state index is 0.0161. The number of ether oxygens (including phenoxy) is 1. The number of carbonyl (C=O) groups is 3. The van der Waals surface area contributed by atoms with Crippen LogP contribution in [0.1, 0.15) is 132 Å². The van der Waals surface area contributed by atoms with E-state index in [0.717, 1.165) is 76.6 Å². The van der Waals surface area contributed by atoms with Gasteiger partial charge < -0.3 is 19.8 Å². The van der Waals surface area contributed by atoms with E-state index < -0.39 is 28.9 Å². The van der Waals surface area contributed by atoms with Crippen LogP contribution < -0.4 is 0 Å². The average Bonchev–Trinajstić information content (AvgIpc) is 3.42. The summed E-state index contributed by atoms with van der Waals surface area (Å²) >= 11 is 0. The summed E-state index contributed by atoms with van der Waals surface area (Å²) in [6.07, 6.45) is 7.28. The Labute approximate surface area is 338 Å². The maximum Gasteiger partial charge on any atom is 0.309 e. The molecule has 5 aliphatic rings. The van der Waals surface area contributed by atoms with E-state index in [4.69, 9.17) is 4.74 Å². The number of nitrogens with zero attached hydrogens (tertiary/aromatic N) is 2. The summed E-state index contributed by atoms with van der Waals surface area (Å²) in [6.45, 7) is 22.8. The van der Waals surface area contributed by atoms with E-state index in [1.54, 1.807) is 13.8 Å². The summed E-state index contributed by atoms with van der Waals surface area (Å²) in [6, 6.07) is 10.5. The highest BCUT2D eigenvalue weighted by atomic mass is 16.5. The maximum atomic E-state index is 14.3. The number of aliphatic carboxylic acids is 1. The van der Waals surface area contributed by atoms with Gasteiger partial charge in [-0.3, -0.25) is 19.3 Å². The SMILES string of the molecule is CC(C)C1=C2[C@H]3CC[C@@H]4[C@@]5(C)CC[C@H](OC(=O)CC(C)(C)C(=O)O)C(C)(C)[C@@H]5CC[C@@]4(C)[C@]3(C)CC[C@]2([C@@H](O)CN(CCN(C)C)Cc2ccccc2)CC1=O. The number of carboxylic acids is 1. The predicted octanol–water partition coefficient (Wildman–Crippen LogP) is 8.80. The Bertz CT molecular complexity index is 1680. The van der Waals surface area contributed by atoms with Crippen LogP contribution in [0.2, 0.25) is 0 Å². The molecule has 0 bridgehead atoms. The number of hydrogen-bond donors (Lipinski definition) is 2. The number of benzene rings is 1. The molecule has 4 fully saturated rings. The molecule has 4 saturated carbocycles. The number of esters is 1. The Morgan fingerprint density at radius 1 is 0.893 bits per heavy atom. The Kier molecular flexibility index (Phi) is 11.7. The first-order valence-electron chi connectivity index (χ1n) is 21.8. The van der Waals surface area contributed by atoms with Crippen molar-refractivity contribution < 1.29 is 29.3 Å². The maximum absolute atomic E-state index is 14.3. The average molecular weight is 775 g/mol. The van der Waals surface area contributed by atoms with Crippen LogP contribution in [0.25, 0.3) is 0 Å². The smallest absolute Gasteiger partial charge is 0.309 e. The van der Waals surface area contributed by atoms with Crippen molar-refractivity contribution in [2.45, 2.75) is 145 Å². The number of carboxylic acid groups (broad SMARTS) is 1. The molecule has 1 aromatic carbocycles. The van der Waals surface area contributed by atoms with Gasteiger partial charge in [-0.1, -0.05) is 84.4 Å². The molecule has 8 heteroatoms. The number of ketones is 1. The second-order valence-corrected chi connectivity index (χ2v) is 21.6. The molecule has 312 valence electrons. The molecule has 0 unspecified atom stereocenters. The van der Waals surface area contributed by atoms with E-state index in [0.29, 0.717) is 24.8 Å². The molecule has 0 spiro atoms. The van der Waals surface area contributed by atoms with Crippen LogP contribution in [0.15, 0.2) is 41.5 Å². The van der Waals surface area contributed by atoms with Crippen molar-refractivity contribution in [1.82, 2.24) is 9.80 Å². The Hall–Kier alpha value is -2.55. The number of carbonyl (C=O) groups excluding carboxylic acids is 2. The van der Waals surface area contributed by atoms with Crippen LogP contribution in [0.3, 0.4) is 0 Å². The van der Waals surface area contributed by atoms with Crippen LogP contribution in [0.4, 0.5) is 0 Å². The molecule has 0 saturated heterocycles. The topological polar surface area (TPSA) is 107 Å². The second kappa shape index (κ2) is 15.2. The quantitative estimate of drug-likeness (QED) is 0.192. The fourth-order valence-corrected chi connectivity index (χ4v) is 13.7. The van der Waals surface area contributed by atoms with Crippen LogP contribution in [-0.4, -0.2) is 83.7 Å². The fraction of sp³-hybridized carbons (Fsp3) is 0.771. The summed E-state index contributed by atoms with van der Waals surface area (Å²) < 4.78 is 6.20. The van der Waals surface area contributed by atoms with Crippen molar-refractivity contribution in [1.29, 1.82) is 0 Å². The van der Waals surface area contributed by atoms with E-state index in [1.165, 1.54) is 11.1 Å². The Morgan fingerprint density at radius 3 is 2.20 bits per heavy atom. The van der Waals surface area contributed by atoms with Crippen molar-refractivity contribution in [2.75, 3.05) is 33.7 Å². The molecule has 2 N–H and O–H groups in total. The molecule has 8 nitrogen and oxygen atoms in total. The molecule has 5 aliphatic carbocycles. The van der Waals surface area contributed by atoms with E-state index in [1.807, 2.05) is 6.07 Å². The number of fused-ring (bicyclic) bond motifs is 7. The van der Waals surface area contributed by atoms with Gasteiger partial charge in [-0.25, -0.2) is 0 Å². The first-order chi connectivity index (χ1) is 26.0. The number of allylic oxidation sites excluding steroid dienone is 1. The monoisotopic (exact) mass is 775 g/mol. The molecule has 1 aromatic rings. The highest BCUT2D eigenvalue weighted by Gasteiger charge is 2.71. The predicted molar refractivity (Wildman–Crippen MR) is 222 cm³/mol. The molecule has 0 heterocycles. The van der Waals surface area contributed by atoms with Crippen molar-refractivity contribution in [3.05, 3.63) is 47.0 Å². The lowest BCUT2D eigenvalue weighted by molar-refractivity contribution is -0.235. The zero-order valence-corrected chi connectivity index (χ0v) is 36.7. The molecule has 0 amide bonds. The van der Waals surface area contributed by atoms with Crippen LogP contribution in [0.5, 0.6) is 0 Å². The van der Waals surface area contributed by atoms with Crippen LogP contribution in [-0.2, 0) is 25.7 Å². The van der Waals surface area contributed by atoms with Crippen molar-refractivity contribution in [2.24, 2.45) is 56.2 Å². The lowest BCUT2D eigenvalue weighted by Gasteiger charge is -2.72. The number of aliphatic hydroxyl groups is 1. The van der Waals surface area contributed by atoms with E-state index in [-0.39, 0.29) is 51.8 Å². The van der Waals surface area contributed by atoms with Gasteiger partial charge in [0, 0.05) is 43.4 Å². The fourth-order valence-electron chi connectivity index (χ4n) is 13.7. The zero-order valence-electron chi connectivity index (χ0n) is 36.7. The largest absolute Gasteiger partial charge is 0.481 e. The summed E-state index contributed by atoms with van der Waals surface area (Å²) in [5, 5.41) is 22.3. The first-order valence-corrected chi connectivity index (χ1v) is 21.8.